The molecule has 0 saturated heterocycles. The van der Waals surface area contributed by atoms with E-state index in [0.29, 0.717) is 0 Å². The second kappa shape index (κ2) is 6.79. The van der Waals surface area contributed by atoms with Crippen molar-refractivity contribution in [2.45, 2.75) is 34.1 Å². The fourth-order valence-electron chi connectivity index (χ4n) is 1.43. The van der Waals surface area contributed by atoms with Crippen LogP contribution in [-0.4, -0.2) is 10.2 Å². The van der Waals surface area contributed by atoms with Gasteiger partial charge in [0.05, 0.1) is 11.4 Å². The molecule has 90 valence electrons. The van der Waals surface area contributed by atoms with Gasteiger partial charge in [0.25, 0.3) is 0 Å². The first kappa shape index (κ1) is 13.4. The fourth-order valence-corrected chi connectivity index (χ4v) is 1.43. The summed E-state index contributed by atoms with van der Waals surface area (Å²) in [4.78, 5) is 0. The van der Waals surface area contributed by atoms with Crippen LogP contribution >= 0.6 is 0 Å². The zero-order valence-corrected chi connectivity index (χ0v) is 11.1. The lowest BCUT2D eigenvalue weighted by molar-refractivity contribution is 0.924. The molecule has 0 fully saturated rings. The van der Waals surface area contributed by atoms with Crippen LogP contribution in [0.5, 0.6) is 0 Å². The van der Waals surface area contributed by atoms with E-state index in [2.05, 4.69) is 48.3 Å². The standard InChI is InChI=1S/C13H14N2.C2H6/c1-3-12-8-9-13(15-14-12)11-6-4-10(2)5-7-11;1-2/h4-9H,3H2,1-2H3;1-2H3. The molecule has 0 N–H and O–H groups in total. The summed E-state index contributed by atoms with van der Waals surface area (Å²) in [5.74, 6) is 0. The van der Waals surface area contributed by atoms with Gasteiger partial charge >= 0.3 is 0 Å². The molecule has 1 aromatic carbocycles. The smallest absolute Gasteiger partial charge is 0.0929 e. The third kappa shape index (κ3) is 3.66. The summed E-state index contributed by atoms with van der Waals surface area (Å²) in [5.41, 5.74) is 4.35. The molecule has 2 heteroatoms. The van der Waals surface area contributed by atoms with Crippen molar-refractivity contribution in [3.05, 3.63) is 47.7 Å². The van der Waals surface area contributed by atoms with Crippen molar-refractivity contribution in [3.8, 4) is 11.3 Å². The van der Waals surface area contributed by atoms with E-state index < -0.39 is 0 Å². The molecule has 0 aliphatic heterocycles. The Bertz CT molecular complexity index is 429. The highest BCUT2D eigenvalue weighted by molar-refractivity contribution is 5.58. The van der Waals surface area contributed by atoms with Crippen molar-refractivity contribution < 1.29 is 0 Å². The summed E-state index contributed by atoms with van der Waals surface area (Å²) >= 11 is 0. The number of benzene rings is 1. The predicted octanol–water partition coefficient (Wildman–Crippen LogP) is 4.04. The topological polar surface area (TPSA) is 25.8 Å². The van der Waals surface area contributed by atoms with Gasteiger partial charge in [0, 0.05) is 5.56 Å². The van der Waals surface area contributed by atoms with Crippen molar-refractivity contribution in [2.24, 2.45) is 0 Å². The van der Waals surface area contributed by atoms with E-state index in [1.807, 2.05) is 26.0 Å². The van der Waals surface area contributed by atoms with Gasteiger partial charge in [0.15, 0.2) is 0 Å². The van der Waals surface area contributed by atoms with E-state index >= 15 is 0 Å². The summed E-state index contributed by atoms with van der Waals surface area (Å²) in [6.07, 6.45) is 0.932. The van der Waals surface area contributed by atoms with Crippen LogP contribution < -0.4 is 0 Å². The molecule has 17 heavy (non-hydrogen) atoms. The second-order valence-electron chi connectivity index (χ2n) is 3.63. The minimum absolute atomic E-state index is 0.932. The quantitative estimate of drug-likeness (QED) is 0.775. The molecule has 0 saturated carbocycles. The maximum atomic E-state index is 4.20. The normalized spacial score (nSPS) is 9.41. The molecule has 1 aromatic heterocycles. The fraction of sp³-hybridized carbons (Fsp3) is 0.333. The lowest BCUT2D eigenvalue weighted by atomic mass is 10.1. The van der Waals surface area contributed by atoms with Gasteiger partial charge in [-0.15, -0.1) is 0 Å². The molecular formula is C15H20N2. The van der Waals surface area contributed by atoms with Crippen LogP contribution in [0.4, 0.5) is 0 Å². The predicted molar refractivity (Wildman–Crippen MR) is 72.9 cm³/mol. The molecule has 2 nitrogen and oxygen atoms in total. The zero-order chi connectivity index (χ0) is 12.7. The lowest BCUT2D eigenvalue weighted by Crippen LogP contribution is -1.92. The van der Waals surface area contributed by atoms with Gasteiger partial charge in [-0.3, -0.25) is 0 Å². The Kier molecular flexibility index (Phi) is 5.34. The number of hydrogen-bond donors (Lipinski definition) is 0. The Labute approximate surface area is 104 Å². The van der Waals surface area contributed by atoms with Crippen molar-refractivity contribution >= 4 is 0 Å². The van der Waals surface area contributed by atoms with Gasteiger partial charge in [-0.2, -0.15) is 10.2 Å². The van der Waals surface area contributed by atoms with Gasteiger partial charge in [-0.1, -0.05) is 50.6 Å². The highest BCUT2D eigenvalue weighted by Crippen LogP contribution is 2.16. The van der Waals surface area contributed by atoms with Crippen molar-refractivity contribution in [2.75, 3.05) is 0 Å². The Morgan fingerprint density at radius 2 is 1.53 bits per heavy atom. The number of aryl methyl sites for hydroxylation is 2. The highest BCUT2D eigenvalue weighted by atomic mass is 15.1. The van der Waals surface area contributed by atoms with Crippen molar-refractivity contribution in [1.82, 2.24) is 10.2 Å². The number of nitrogens with zero attached hydrogens (tertiary/aromatic N) is 2. The SMILES string of the molecule is CC.CCc1ccc(-c2ccc(C)cc2)nn1. The van der Waals surface area contributed by atoms with Crippen LogP contribution in [-0.2, 0) is 6.42 Å². The van der Waals surface area contributed by atoms with E-state index in [0.717, 1.165) is 23.4 Å². The van der Waals surface area contributed by atoms with E-state index in [1.54, 1.807) is 0 Å². The zero-order valence-electron chi connectivity index (χ0n) is 11.1. The summed E-state index contributed by atoms with van der Waals surface area (Å²) < 4.78 is 0. The monoisotopic (exact) mass is 228 g/mol. The number of hydrogen-bond acceptors (Lipinski definition) is 2. The number of aromatic nitrogens is 2. The molecule has 0 aliphatic rings. The van der Waals surface area contributed by atoms with E-state index in [9.17, 15) is 0 Å². The van der Waals surface area contributed by atoms with Gasteiger partial charge in [-0.05, 0) is 25.5 Å². The Hall–Kier alpha value is -1.70. The molecule has 0 atom stereocenters. The van der Waals surface area contributed by atoms with Crippen LogP contribution in [0.25, 0.3) is 11.3 Å². The van der Waals surface area contributed by atoms with Crippen LogP contribution in [0.1, 0.15) is 32.0 Å². The largest absolute Gasteiger partial charge is 0.155 e. The average molecular weight is 228 g/mol. The third-order valence-electron chi connectivity index (χ3n) is 2.43. The van der Waals surface area contributed by atoms with Crippen LogP contribution in [0.3, 0.4) is 0 Å². The molecule has 0 aliphatic carbocycles. The van der Waals surface area contributed by atoms with Gasteiger partial charge in [-0.25, -0.2) is 0 Å². The second-order valence-corrected chi connectivity index (χ2v) is 3.63. The highest BCUT2D eigenvalue weighted by Gasteiger charge is 1.99. The molecule has 1 heterocycles. The minimum Gasteiger partial charge on any atom is -0.155 e. The maximum Gasteiger partial charge on any atom is 0.0929 e. The van der Waals surface area contributed by atoms with Crippen LogP contribution in [0.2, 0.25) is 0 Å². The van der Waals surface area contributed by atoms with Gasteiger partial charge in [0.2, 0.25) is 0 Å². The van der Waals surface area contributed by atoms with Crippen LogP contribution in [0.15, 0.2) is 36.4 Å². The molecule has 0 unspecified atom stereocenters. The number of rotatable bonds is 2. The average Bonchev–Trinajstić information content (AvgIpc) is 2.42. The summed E-state index contributed by atoms with van der Waals surface area (Å²) in [6, 6.07) is 12.4. The first-order chi connectivity index (χ1) is 8.29. The van der Waals surface area contributed by atoms with E-state index in [-0.39, 0.29) is 0 Å². The van der Waals surface area contributed by atoms with Crippen molar-refractivity contribution in [1.29, 1.82) is 0 Å². The Morgan fingerprint density at radius 1 is 0.882 bits per heavy atom. The first-order valence-corrected chi connectivity index (χ1v) is 6.19. The van der Waals surface area contributed by atoms with Crippen molar-refractivity contribution in [3.63, 3.8) is 0 Å². The lowest BCUT2D eigenvalue weighted by Gasteiger charge is -2.01. The van der Waals surface area contributed by atoms with Gasteiger partial charge < -0.3 is 0 Å². The summed E-state index contributed by atoms with van der Waals surface area (Å²) in [7, 11) is 0. The Morgan fingerprint density at radius 3 is 2.00 bits per heavy atom. The molecule has 0 amide bonds. The summed E-state index contributed by atoms with van der Waals surface area (Å²) in [6.45, 7) is 8.16. The maximum absolute atomic E-state index is 4.20. The molecular weight excluding hydrogens is 208 g/mol. The third-order valence-corrected chi connectivity index (χ3v) is 2.43. The molecule has 0 spiro atoms. The van der Waals surface area contributed by atoms with E-state index in [1.165, 1.54) is 5.56 Å². The first-order valence-electron chi connectivity index (χ1n) is 6.19. The van der Waals surface area contributed by atoms with Gasteiger partial charge in [0.1, 0.15) is 0 Å². The Balaban J connectivity index is 0.000000686. The minimum atomic E-state index is 0.932. The molecule has 0 bridgehead atoms. The summed E-state index contributed by atoms with van der Waals surface area (Å²) in [5, 5.41) is 8.35. The van der Waals surface area contributed by atoms with Crippen LogP contribution in [0, 0.1) is 6.92 Å². The molecule has 2 aromatic rings. The molecule has 2 rings (SSSR count). The molecule has 0 radical (unpaired) electrons. The van der Waals surface area contributed by atoms with E-state index in [4.69, 9.17) is 0 Å².